The Bertz CT molecular complexity index is 989. The zero-order chi connectivity index (χ0) is 22.1. The number of Topliss-reactive ketones (excluding diaryl/α,β-unsaturated/α-hetero) is 1. The average Bonchev–Trinajstić information content (AvgIpc) is 2.67. The van der Waals surface area contributed by atoms with Crippen LogP contribution in [0.1, 0.15) is 24.2 Å². The van der Waals surface area contributed by atoms with Gasteiger partial charge in [0.2, 0.25) is 5.91 Å². The number of halogens is 3. The molecule has 0 radical (unpaired) electrons. The Kier molecular flexibility index (Phi) is 5.68. The van der Waals surface area contributed by atoms with E-state index in [2.05, 4.69) is 10.1 Å². The van der Waals surface area contributed by atoms with Gasteiger partial charge in [0.25, 0.3) is 5.91 Å². The van der Waals surface area contributed by atoms with Crippen molar-refractivity contribution in [1.29, 1.82) is 0 Å². The number of ether oxygens (including phenoxy) is 2. The van der Waals surface area contributed by atoms with Gasteiger partial charge in [0, 0.05) is 11.3 Å². The van der Waals surface area contributed by atoms with Crippen LogP contribution in [0.5, 0.6) is 11.5 Å². The van der Waals surface area contributed by atoms with Gasteiger partial charge in [-0.25, -0.2) is 0 Å². The first-order chi connectivity index (χ1) is 14.0. The Morgan fingerprint density at radius 1 is 1.17 bits per heavy atom. The number of nitrogens with zero attached hydrogens (tertiary/aromatic N) is 1. The molecule has 0 saturated heterocycles. The SMILES string of the molecule is CC(=O)c1ccc2c(c1)N(C(C)C(=O)Nc1ccc(OC(F)(F)F)cc1)C(=O)CO2. The number of alkyl halides is 3. The van der Waals surface area contributed by atoms with Gasteiger partial charge in [-0.1, -0.05) is 0 Å². The molecule has 2 amide bonds. The molecule has 0 aromatic heterocycles. The van der Waals surface area contributed by atoms with Gasteiger partial charge >= 0.3 is 6.36 Å². The smallest absolute Gasteiger partial charge is 0.482 e. The van der Waals surface area contributed by atoms with E-state index < -0.39 is 30.0 Å². The fraction of sp³-hybridized carbons (Fsp3) is 0.250. The van der Waals surface area contributed by atoms with Crippen molar-refractivity contribution < 1.29 is 37.0 Å². The number of carbonyl (C=O) groups excluding carboxylic acids is 3. The lowest BCUT2D eigenvalue weighted by Gasteiger charge is -2.33. The second-order valence-electron chi connectivity index (χ2n) is 6.53. The molecule has 2 aromatic carbocycles. The zero-order valence-electron chi connectivity index (χ0n) is 15.9. The van der Waals surface area contributed by atoms with Crippen LogP contribution in [0.3, 0.4) is 0 Å². The highest BCUT2D eigenvalue weighted by Gasteiger charge is 2.34. The van der Waals surface area contributed by atoms with E-state index in [1.165, 1.54) is 36.9 Å². The molecule has 3 rings (SSSR count). The molecule has 0 saturated carbocycles. The van der Waals surface area contributed by atoms with Gasteiger partial charge in [0.15, 0.2) is 12.4 Å². The van der Waals surface area contributed by atoms with Crippen molar-refractivity contribution in [3.05, 3.63) is 48.0 Å². The molecule has 1 aliphatic heterocycles. The second kappa shape index (κ2) is 8.05. The van der Waals surface area contributed by atoms with Crippen LogP contribution in [0, 0.1) is 0 Å². The standard InChI is InChI=1S/C20H17F3N2O5/c1-11(19(28)24-14-4-6-15(7-5-14)30-20(21,22)23)25-16-9-13(12(2)26)3-8-17(16)29-10-18(25)27/h3-9,11H,10H2,1-2H3,(H,24,28). The first-order valence-electron chi connectivity index (χ1n) is 8.81. The van der Waals surface area contributed by atoms with Crippen LogP contribution in [0.2, 0.25) is 0 Å². The van der Waals surface area contributed by atoms with Gasteiger partial charge in [-0.2, -0.15) is 0 Å². The lowest BCUT2D eigenvalue weighted by molar-refractivity contribution is -0.274. The van der Waals surface area contributed by atoms with Crippen LogP contribution >= 0.6 is 0 Å². The lowest BCUT2D eigenvalue weighted by atomic mass is 10.1. The molecule has 0 spiro atoms. The Balaban J connectivity index is 1.78. The van der Waals surface area contributed by atoms with E-state index in [4.69, 9.17) is 4.74 Å². The summed E-state index contributed by atoms with van der Waals surface area (Å²) in [6.07, 6.45) is -4.82. The minimum absolute atomic E-state index is 0.214. The van der Waals surface area contributed by atoms with Crippen molar-refractivity contribution in [2.45, 2.75) is 26.3 Å². The van der Waals surface area contributed by atoms with Gasteiger partial charge in [-0.15, -0.1) is 13.2 Å². The molecule has 10 heteroatoms. The van der Waals surface area contributed by atoms with E-state index in [0.717, 1.165) is 12.1 Å². The summed E-state index contributed by atoms with van der Waals surface area (Å²) < 4.78 is 45.9. The van der Waals surface area contributed by atoms with E-state index in [1.807, 2.05) is 0 Å². The number of hydrogen-bond donors (Lipinski definition) is 1. The van der Waals surface area contributed by atoms with Crippen molar-refractivity contribution in [3.63, 3.8) is 0 Å². The van der Waals surface area contributed by atoms with E-state index in [1.54, 1.807) is 12.1 Å². The van der Waals surface area contributed by atoms with Crippen LogP contribution in [-0.4, -0.2) is 36.6 Å². The lowest BCUT2D eigenvalue weighted by Crippen LogP contribution is -2.49. The molecule has 0 bridgehead atoms. The van der Waals surface area contributed by atoms with Gasteiger partial charge in [-0.05, 0) is 56.3 Å². The number of rotatable bonds is 5. The highest BCUT2D eigenvalue weighted by Crippen LogP contribution is 2.34. The average molecular weight is 422 g/mol. The number of carbonyl (C=O) groups is 3. The topological polar surface area (TPSA) is 84.9 Å². The quantitative estimate of drug-likeness (QED) is 0.745. The maximum Gasteiger partial charge on any atom is 0.573 e. The van der Waals surface area contributed by atoms with Gasteiger partial charge in [0.05, 0.1) is 5.69 Å². The largest absolute Gasteiger partial charge is 0.573 e. The molecular formula is C20H17F3N2O5. The number of hydrogen-bond acceptors (Lipinski definition) is 5. The molecule has 7 nitrogen and oxygen atoms in total. The normalized spacial score (nSPS) is 14.4. The monoisotopic (exact) mass is 422 g/mol. The third-order valence-electron chi connectivity index (χ3n) is 4.37. The summed E-state index contributed by atoms with van der Waals surface area (Å²) in [5.41, 5.74) is 0.861. The zero-order valence-corrected chi connectivity index (χ0v) is 15.9. The molecule has 1 heterocycles. The predicted molar refractivity (Wildman–Crippen MR) is 101 cm³/mol. The summed E-state index contributed by atoms with van der Waals surface area (Å²) in [4.78, 5) is 38.0. The van der Waals surface area contributed by atoms with Crippen molar-refractivity contribution in [2.24, 2.45) is 0 Å². The molecule has 1 aliphatic rings. The highest BCUT2D eigenvalue weighted by molar-refractivity contribution is 6.07. The molecular weight excluding hydrogens is 405 g/mol. The van der Waals surface area contributed by atoms with Gasteiger partial charge < -0.3 is 14.8 Å². The number of ketones is 1. The maximum atomic E-state index is 12.7. The number of anilines is 2. The summed E-state index contributed by atoms with van der Waals surface area (Å²) in [5.74, 6) is -1.33. The van der Waals surface area contributed by atoms with Crippen LogP contribution in [0.4, 0.5) is 24.5 Å². The van der Waals surface area contributed by atoms with E-state index >= 15 is 0 Å². The van der Waals surface area contributed by atoms with Crippen LogP contribution in [-0.2, 0) is 9.59 Å². The minimum atomic E-state index is -4.82. The molecule has 1 N–H and O–H groups in total. The fourth-order valence-electron chi connectivity index (χ4n) is 2.92. The van der Waals surface area contributed by atoms with E-state index in [9.17, 15) is 27.6 Å². The molecule has 30 heavy (non-hydrogen) atoms. The first kappa shape index (κ1) is 21.2. The van der Waals surface area contributed by atoms with Crippen molar-refractivity contribution in [2.75, 3.05) is 16.8 Å². The molecule has 0 fully saturated rings. The van der Waals surface area contributed by atoms with Crippen LogP contribution in [0.25, 0.3) is 0 Å². The Hall–Kier alpha value is -3.56. The predicted octanol–water partition coefficient (Wildman–Crippen LogP) is 3.54. The van der Waals surface area contributed by atoms with Gasteiger partial charge in [-0.3, -0.25) is 19.3 Å². The third-order valence-corrected chi connectivity index (χ3v) is 4.37. The Labute approximate surface area is 169 Å². The summed E-state index contributed by atoms with van der Waals surface area (Å²) >= 11 is 0. The minimum Gasteiger partial charge on any atom is -0.482 e. The number of amides is 2. The number of nitrogens with one attached hydrogen (secondary N) is 1. The summed E-state index contributed by atoms with van der Waals surface area (Å²) in [5, 5.41) is 2.54. The number of benzene rings is 2. The van der Waals surface area contributed by atoms with Crippen LogP contribution in [0.15, 0.2) is 42.5 Å². The summed E-state index contributed by atoms with van der Waals surface area (Å²) in [7, 11) is 0. The second-order valence-corrected chi connectivity index (χ2v) is 6.53. The Morgan fingerprint density at radius 3 is 2.43 bits per heavy atom. The molecule has 1 unspecified atom stereocenters. The highest BCUT2D eigenvalue weighted by atomic mass is 19.4. The maximum absolute atomic E-state index is 12.7. The van der Waals surface area contributed by atoms with E-state index in [-0.39, 0.29) is 23.8 Å². The molecule has 1 atom stereocenters. The van der Waals surface area contributed by atoms with Gasteiger partial charge in [0.1, 0.15) is 17.5 Å². The van der Waals surface area contributed by atoms with Crippen molar-refractivity contribution in [3.8, 4) is 11.5 Å². The summed E-state index contributed by atoms with van der Waals surface area (Å²) in [6.45, 7) is 2.59. The Morgan fingerprint density at radius 2 is 1.83 bits per heavy atom. The van der Waals surface area contributed by atoms with Crippen molar-refractivity contribution in [1.82, 2.24) is 0 Å². The first-order valence-corrected chi connectivity index (χ1v) is 8.81. The number of fused-ring (bicyclic) bond motifs is 1. The van der Waals surface area contributed by atoms with Crippen LogP contribution < -0.4 is 19.7 Å². The molecule has 158 valence electrons. The summed E-state index contributed by atoms with van der Waals surface area (Å²) in [6, 6.07) is 8.21. The molecule has 0 aliphatic carbocycles. The van der Waals surface area contributed by atoms with Crippen molar-refractivity contribution >= 4 is 29.0 Å². The van der Waals surface area contributed by atoms with E-state index in [0.29, 0.717) is 11.3 Å². The third kappa shape index (κ3) is 4.70. The fourth-order valence-corrected chi connectivity index (χ4v) is 2.92. The molecule has 2 aromatic rings.